The van der Waals surface area contributed by atoms with Gasteiger partial charge in [0.15, 0.2) is 0 Å². The van der Waals surface area contributed by atoms with Crippen LogP contribution in [-0.2, 0) is 22.4 Å². The zero-order valence-corrected chi connectivity index (χ0v) is 22.6. The van der Waals surface area contributed by atoms with Gasteiger partial charge in [0, 0.05) is 25.2 Å². The summed E-state index contributed by atoms with van der Waals surface area (Å²) < 4.78 is 5.82. The van der Waals surface area contributed by atoms with E-state index in [1.165, 1.54) is 37.7 Å². The molecule has 1 atom stereocenters. The van der Waals surface area contributed by atoms with Crippen LogP contribution in [0.1, 0.15) is 56.1 Å². The third-order valence-electron chi connectivity index (χ3n) is 7.58. The molecule has 198 valence electrons. The van der Waals surface area contributed by atoms with Gasteiger partial charge in [-0.1, -0.05) is 55.3 Å². The summed E-state index contributed by atoms with van der Waals surface area (Å²) in [4.78, 5) is 28.5. The van der Waals surface area contributed by atoms with E-state index in [4.69, 9.17) is 4.74 Å². The first-order valence-electron chi connectivity index (χ1n) is 13.5. The third-order valence-corrected chi connectivity index (χ3v) is 8.57. The van der Waals surface area contributed by atoms with Crippen molar-refractivity contribution in [3.8, 4) is 5.75 Å². The Morgan fingerprint density at radius 2 is 1.68 bits per heavy atom. The van der Waals surface area contributed by atoms with Crippen LogP contribution in [0.4, 0.5) is 0 Å². The number of hydrogen-bond donors (Lipinski definition) is 2. The zero-order valence-electron chi connectivity index (χ0n) is 21.7. The molecule has 37 heavy (non-hydrogen) atoms. The number of ether oxygens (including phenoxy) is 1. The molecule has 7 heteroatoms. The molecule has 0 spiro atoms. The molecule has 6 nitrogen and oxygen atoms in total. The van der Waals surface area contributed by atoms with E-state index in [0.717, 1.165) is 47.8 Å². The summed E-state index contributed by atoms with van der Waals surface area (Å²) in [6.07, 6.45) is 9.67. The van der Waals surface area contributed by atoms with Crippen molar-refractivity contribution in [2.45, 2.75) is 63.0 Å². The van der Waals surface area contributed by atoms with Crippen LogP contribution in [0, 0.1) is 11.8 Å². The molecule has 2 aromatic rings. The van der Waals surface area contributed by atoms with Crippen molar-refractivity contribution < 1.29 is 24.4 Å². The van der Waals surface area contributed by atoms with Gasteiger partial charge < -0.3 is 14.7 Å². The van der Waals surface area contributed by atoms with Gasteiger partial charge in [0.2, 0.25) is 5.91 Å². The van der Waals surface area contributed by atoms with Gasteiger partial charge in [0.05, 0.1) is 6.54 Å². The van der Waals surface area contributed by atoms with E-state index >= 15 is 0 Å². The molecule has 1 unspecified atom stereocenters. The maximum atomic E-state index is 12.6. The van der Waals surface area contributed by atoms with E-state index in [0.29, 0.717) is 26.0 Å². The summed E-state index contributed by atoms with van der Waals surface area (Å²) in [5.41, 5.74) is 2.46. The summed E-state index contributed by atoms with van der Waals surface area (Å²) in [5.74, 6) is 2.33. The largest absolute Gasteiger partial charge is 0.492 e. The normalized spacial score (nSPS) is 21.5. The number of carbonyl (C=O) groups is 2. The maximum absolute atomic E-state index is 12.6. The fourth-order valence-corrected chi connectivity index (χ4v) is 6.17. The Balaban J connectivity index is 1.06. The predicted molar refractivity (Wildman–Crippen MR) is 148 cm³/mol. The van der Waals surface area contributed by atoms with Crippen LogP contribution in [0.25, 0.3) is 0 Å². The molecule has 2 N–H and O–H groups in total. The summed E-state index contributed by atoms with van der Waals surface area (Å²) in [6.45, 7) is 0.996. The Bertz CT molecular complexity index is 1050. The molecule has 1 aliphatic heterocycles. The standard InChI is InChI=1S/C30H38N2O4S/c1-32(18-19-36-26-16-14-25(15-17-26)21-27-29(34)31-30(35)37-27)28(33)9-5-8-22-10-12-24(13-11-22)20-23-6-3-2-4-7-23/h2-4,6-7,14-17,22,24,27H,5,8-13,18-21H2,1H3,(H,31,34,35)/p+1. The molecule has 0 saturated heterocycles. The third kappa shape index (κ3) is 8.63. The van der Waals surface area contributed by atoms with Crippen molar-refractivity contribution in [1.29, 1.82) is 0 Å². The van der Waals surface area contributed by atoms with E-state index < -0.39 is 0 Å². The second kappa shape index (κ2) is 13.7. The van der Waals surface area contributed by atoms with Crippen LogP contribution in [-0.4, -0.2) is 52.5 Å². The summed E-state index contributed by atoms with van der Waals surface area (Å²) in [7, 11) is 1.85. The SMILES string of the molecule is CN(CCOc1ccc(CC2SC(O)=[NH+]C2=O)cc1)C(=O)CCCC1CCC(Cc2ccccc2)CC1. The quantitative estimate of drug-likeness (QED) is 0.441. The number of nitrogens with one attached hydrogen (secondary N) is 1. The predicted octanol–water partition coefficient (Wildman–Crippen LogP) is 3.92. The fourth-order valence-electron chi connectivity index (χ4n) is 5.30. The van der Waals surface area contributed by atoms with Crippen molar-refractivity contribution in [3.63, 3.8) is 0 Å². The van der Waals surface area contributed by atoms with Gasteiger partial charge in [-0.3, -0.25) is 4.79 Å². The molecule has 0 aromatic heterocycles. The zero-order chi connectivity index (χ0) is 26.0. The molecular formula is C30H39N2O4S+. The highest BCUT2D eigenvalue weighted by Crippen LogP contribution is 2.33. The van der Waals surface area contributed by atoms with Crippen LogP contribution >= 0.6 is 11.8 Å². The number of hydrogen-bond acceptors (Lipinski definition) is 4. The molecule has 2 aliphatic rings. The topological polar surface area (TPSA) is 80.8 Å². The molecule has 1 aliphatic carbocycles. The summed E-state index contributed by atoms with van der Waals surface area (Å²) in [6, 6.07) is 18.4. The highest BCUT2D eigenvalue weighted by molar-refractivity contribution is 8.14. The van der Waals surface area contributed by atoms with Gasteiger partial charge >= 0.3 is 11.1 Å². The summed E-state index contributed by atoms with van der Waals surface area (Å²) in [5, 5.41) is 9.09. The number of nitrogens with zero attached hydrogens (tertiary/aromatic N) is 1. The molecule has 1 saturated carbocycles. The van der Waals surface area contributed by atoms with Gasteiger partial charge in [-0.05, 0) is 73.6 Å². The summed E-state index contributed by atoms with van der Waals surface area (Å²) >= 11 is 1.15. The lowest BCUT2D eigenvalue weighted by molar-refractivity contribution is -0.379. The number of benzene rings is 2. The Labute approximate surface area is 224 Å². The number of amides is 2. The fraction of sp³-hybridized carbons (Fsp3) is 0.500. The van der Waals surface area contributed by atoms with E-state index in [1.807, 2.05) is 31.3 Å². The second-order valence-corrected chi connectivity index (χ2v) is 11.6. The minimum Gasteiger partial charge on any atom is -0.492 e. The van der Waals surface area contributed by atoms with Crippen molar-refractivity contribution in [3.05, 3.63) is 65.7 Å². The highest BCUT2D eigenvalue weighted by Gasteiger charge is 2.35. The van der Waals surface area contributed by atoms with Crippen molar-refractivity contribution in [2.75, 3.05) is 20.2 Å². The Kier molecular flexibility index (Phi) is 10.1. The van der Waals surface area contributed by atoms with Crippen molar-refractivity contribution in [2.24, 2.45) is 11.8 Å². The smallest absolute Gasteiger partial charge is 0.405 e. The molecule has 1 heterocycles. The second-order valence-electron chi connectivity index (χ2n) is 10.4. The molecule has 1 fully saturated rings. The van der Waals surface area contributed by atoms with Crippen LogP contribution in [0.15, 0.2) is 54.6 Å². The van der Waals surface area contributed by atoms with E-state index in [-0.39, 0.29) is 22.3 Å². The van der Waals surface area contributed by atoms with E-state index in [1.54, 1.807) is 4.90 Å². The molecule has 2 amide bonds. The number of rotatable bonds is 12. The minimum absolute atomic E-state index is 0.0322. The molecule has 4 rings (SSSR count). The molecule has 0 radical (unpaired) electrons. The van der Waals surface area contributed by atoms with E-state index in [2.05, 4.69) is 35.3 Å². The monoisotopic (exact) mass is 523 g/mol. The number of carbonyl (C=O) groups excluding carboxylic acids is 2. The average molecular weight is 524 g/mol. The van der Waals surface area contributed by atoms with Gasteiger partial charge in [0.1, 0.15) is 17.6 Å². The molecule has 0 bridgehead atoms. The first-order valence-corrected chi connectivity index (χ1v) is 14.4. The van der Waals surface area contributed by atoms with Crippen LogP contribution in [0.3, 0.4) is 0 Å². The van der Waals surface area contributed by atoms with Gasteiger partial charge in [-0.25, -0.2) is 4.79 Å². The number of aliphatic hydroxyl groups excluding tert-OH is 1. The first-order chi connectivity index (χ1) is 18.0. The number of likely N-dealkylation sites (N-methyl/N-ethyl adjacent to an activating group) is 1. The van der Waals surface area contributed by atoms with Crippen LogP contribution in [0.5, 0.6) is 5.75 Å². The van der Waals surface area contributed by atoms with Gasteiger partial charge in [-0.15, -0.1) is 4.99 Å². The minimum atomic E-state index is -0.305. The number of thioether (sulfide) groups is 1. The average Bonchev–Trinajstić information content (AvgIpc) is 3.22. The lowest BCUT2D eigenvalue weighted by atomic mass is 9.77. The highest BCUT2D eigenvalue weighted by atomic mass is 32.2. The Morgan fingerprint density at radius 3 is 2.35 bits per heavy atom. The first kappa shape index (κ1) is 27.2. The van der Waals surface area contributed by atoms with E-state index in [9.17, 15) is 14.7 Å². The maximum Gasteiger partial charge on any atom is 0.405 e. The van der Waals surface area contributed by atoms with Crippen molar-refractivity contribution in [1.82, 2.24) is 4.90 Å². The number of aliphatic hydroxyl groups is 1. The van der Waals surface area contributed by atoms with Crippen LogP contribution in [0.2, 0.25) is 0 Å². The van der Waals surface area contributed by atoms with Crippen molar-refractivity contribution >= 4 is 28.8 Å². The van der Waals surface area contributed by atoms with Gasteiger partial charge in [-0.2, -0.15) is 0 Å². The Hall–Kier alpha value is -2.80. The Morgan fingerprint density at radius 1 is 1.00 bits per heavy atom. The lowest BCUT2D eigenvalue weighted by Gasteiger charge is -2.28. The lowest BCUT2D eigenvalue weighted by Crippen LogP contribution is -2.75. The molecule has 2 aromatic carbocycles. The van der Waals surface area contributed by atoms with Gasteiger partial charge in [0.25, 0.3) is 0 Å². The van der Waals surface area contributed by atoms with Crippen LogP contribution < -0.4 is 9.73 Å². The molecular weight excluding hydrogens is 484 g/mol.